The molecule has 4 nitrogen and oxygen atoms in total. The van der Waals surface area contributed by atoms with Gasteiger partial charge >= 0.3 is 0 Å². The summed E-state index contributed by atoms with van der Waals surface area (Å²) in [6.07, 6.45) is 2.91. The van der Waals surface area contributed by atoms with Crippen LogP contribution in [0.5, 0.6) is 5.75 Å². The zero-order valence-electron chi connectivity index (χ0n) is 9.52. The van der Waals surface area contributed by atoms with Gasteiger partial charge in [0.2, 0.25) is 0 Å². The van der Waals surface area contributed by atoms with E-state index in [9.17, 15) is 0 Å². The van der Waals surface area contributed by atoms with Crippen molar-refractivity contribution in [2.75, 3.05) is 20.3 Å². The van der Waals surface area contributed by atoms with Crippen LogP contribution in [0.25, 0.3) is 10.9 Å². The molecule has 17 heavy (non-hydrogen) atoms. The molecule has 1 aromatic carbocycles. The second-order valence-electron chi connectivity index (χ2n) is 4.15. The van der Waals surface area contributed by atoms with Crippen LogP contribution in [0.4, 0.5) is 0 Å². The molecule has 3 rings (SSSR count). The molecule has 0 aliphatic carbocycles. The van der Waals surface area contributed by atoms with Crippen LogP contribution in [-0.4, -0.2) is 30.1 Å². The van der Waals surface area contributed by atoms with Crippen molar-refractivity contribution in [2.45, 2.75) is 12.5 Å². The van der Waals surface area contributed by atoms with Gasteiger partial charge in [-0.05, 0) is 28.4 Å². The monoisotopic (exact) mass is 296 g/mol. The summed E-state index contributed by atoms with van der Waals surface area (Å²) in [6, 6.07) is 4.40. The summed E-state index contributed by atoms with van der Waals surface area (Å²) in [4.78, 5) is 0. The molecule has 1 aliphatic heterocycles. The van der Waals surface area contributed by atoms with E-state index in [1.165, 1.54) is 0 Å². The van der Waals surface area contributed by atoms with Gasteiger partial charge in [0.15, 0.2) is 0 Å². The molecule has 1 atom stereocenters. The van der Waals surface area contributed by atoms with E-state index in [4.69, 9.17) is 9.47 Å². The maximum Gasteiger partial charge on any atom is 0.135 e. The van der Waals surface area contributed by atoms with E-state index in [2.05, 4.69) is 21.0 Å². The van der Waals surface area contributed by atoms with E-state index < -0.39 is 0 Å². The van der Waals surface area contributed by atoms with Crippen LogP contribution in [0, 0.1) is 0 Å². The fraction of sp³-hybridized carbons (Fsp3) is 0.417. The Kier molecular flexibility index (Phi) is 2.80. The van der Waals surface area contributed by atoms with E-state index >= 15 is 0 Å². The van der Waals surface area contributed by atoms with Gasteiger partial charge < -0.3 is 9.47 Å². The number of hydrogen-bond donors (Lipinski definition) is 0. The zero-order valence-corrected chi connectivity index (χ0v) is 11.1. The Bertz CT molecular complexity index is 547. The lowest BCUT2D eigenvalue weighted by Gasteiger charge is -2.11. The minimum absolute atomic E-state index is 0.346. The lowest BCUT2D eigenvalue weighted by molar-refractivity contribution is 0.185. The van der Waals surface area contributed by atoms with Crippen molar-refractivity contribution in [1.82, 2.24) is 9.78 Å². The molecule has 0 N–H and O–H groups in total. The molecular weight excluding hydrogens is 284 g/mol. The first kappa shape index (κ1) is 11.0. The highest BCUT2D eigenvalue weighted by molar-refractivity contribution is 9.10. The molecule has 1 unspecified atom stereocenters. The molecule has 1 saturated heterocycles. The first-order chi connectivity index (χ1) is 8.29. The number of ether oxygens (including phenoxy) is 2. The lowest BCUT2D eigenvalue weighted by Crippen LogP contribution is -2.09. The van der Waals surface area contributed by atoms with Crippen molar-refractivity contribution in [3.63, 3.8) is 0 Å². The van der Waals surface area contributed by atoms with Gasteiger partial charge in [0, 0.05) is 18.1 Å². The normalized spacial score (nSPS) is 20.0. The van der Waals surface area contributed by atoms with E-state index in [-0.39, 0.29) is 0 Å². The Morgan fingerprint density at radius 3 is 3.12 bits per heavy atom. The molecular formula is C12H13BrN2O2. The van der Waals surface area contributed by atoms with E-state index in [1.807, 2.05) is 23.0 Å². The van der Waals surface area contributed by atoms with Gasteiger partial charge in [0.05, 0.1) is 35.9 Å². The molecule has 1 aliphatic rings. The Balaban J connectivity index is 2.13. The zero-order chi connectivity index (χ0) is 11.8. The van der Waals surface area contributed by atoms with Gasteiger partial charge in [-0.15, -0.1) is 0 Å². The van der Waals surface area contributed by atoms with Gasteiger partial charge in [-0.1, -0.05) is 0 Å². The maximum absolute atomic E-state index is 5.41. The average molecular weight is 297 g/mol. The van der Waals surface area contributed by atoms with Crippen molar-refractivity contribution in [1.29, 1.82) is 0 Å². The number of rotatable bonds is 2. The predicted octanol–water partition coefficient (Wildman–Crippen LogP) is 2.77. The number of fused-ring (bicyclic) bond motifs is 1. The third-order valence-corrected chi connectivity index (χ3v) is 3.74. The number of methoxy groups -OCH3 is 1. The Labute approximate surface area is 108 Å². The standard InChI is InChI=1S/C12H13BrN2O2/c1-16-12-5-11-8(4-10(12)13)6-14-15(11)9-2-3-17-7-9/h4-6,9H,2-3,7H2,1H3. The van der Waals surface area contributed by atoms with E-state index in [1.54, 1.807) is 7.11 Å². The smallest absolute Gasteiger partial charge is 0.135 e. The van der Waals surface area contributed by atoms with Crippen LogP contribution in [0.1, 0.15) is 12.5 Å². The highest BCUT2D eigenvalue weighted by atomic mass is 79.9. The van der Waals surface area contributed by atoms with E-state index in [0.717, 1.165) is 40.8 Å². The molecule has 90 valence electrons. The molecule has 0 radical (unpaired) electrons. The van der Waals surface area contributed by atoms with Crippen LogP contribution < -0.4 is 4.74 Å². The van der Waals surface area contributed by atoms with Gasteiger partial charge in [0.1, 0.15) is 5.75 Å². The van der Waals surface area contributed by atoms with Crippen LogP contribution in [0.2, 0.25) is 0 Å². The summed E-state index contributed by atoms with van der Waals surface area (Å²) in [5.74, 6) is 0.832. The Morgan fingerprint density at radius 2 is 2.41 bits per heavy atom. The second kappa shape index (κ2) is 4.31. The fourth-order valence-electron chi connectivity index (χ4n) is 2.21. The third-order valence-electron chi connectivity index (χ3n) is 3.12. The lowest BCUT2D eigenvalue weighted by atomic mass is 10.2. The Morgan fingerprint density at radius 1 is 1.53 bits per heavy atom. The number of nitrogens with zero attached hydrogens (tertiary/aromatic N) is 2. The first-order valence-corrected chi connectivity index (χ1v) is 6.37. The van der Waals surface area contributed by atoms with Gasteiger partial charge in [-0.2, -0.15) is 5.10 Å². The van der Waals surface area contributed by atoms with Crippen molar-refractivity contribution in [3.05, 3.63) is 22.8 Å². The van der Waals surface area contributed by atoms with Gasteiger partial charge in [-0.25, -0.2) is 0 Å². The summed E-state index contributed by atoms with van der Waals surface area (Å²) in [7, 11) is 1.67. The fourth-order valence-corrected chi connectivity index (χ4v) is 2.73. The number of hydrogen-bond acceptors (Lipinski definition) is 3. The maximum atomic E-state index is 5.41. The molecule has 2 aromatic rings. The molecule has 1 fully saturated rings. The molecule has 0 bridgehead atoms. The SMILES string of the molecule is COc1cc2c(cnn2C2CCOC2)cc1Br. The third kappa shape index (κ3) is 1.83. The summed E-state index contributed by atoms with van der Waals surface area (Å²) < 4.78 is 13.7. The first-order valence-electron chi connectivity index (χ1n) is 5.58. The van der Waals surface area contributed by atoms with Crippen molar-refractivity contribution >= 4 is 26.8 Å². The minimum Gasteiger partial charge on any atom is -0.495 e. The summed E-state index contributed by atoms with van der Waals surface area (Å²) in [6.45, 7) is 1.56. The van der Waals surface area contributed by atoms with Gasteiger partial charge in [0.25, 0.3) is 0 Å². The average Bonchev–Trinajstić information content (AvgIpc) is 2.95. The highest BCUT2D eigenvalue weighted by Crippen LogP contribution is 2.32. The highest BCUT2D eigenvalue weighted by Gasteiger charge is 2.20. The summed E-state index contributed by atoms with van der Waals surface area (Å²) in [5, 5.41) is 5.57. The Hall–Kier alpha value is -1.07. The van der Waals surface area contributed by atoms with E-state index in [0.29, 0.717) is 6.04 Å². The number of benzene rings is 1. The number of aromatic nitrogens is 2. The number of halogens is 1. The summed E-state index contributed by atoms with van der Waals surface area (Å²) in [5.41, 5.74) is 1.10. The van der Waals surface area contributed by atoms with Crippen molar-refractivity contribution < 1.29 is 9.47 Å². The quantitative estimate of drug-likeness (QED) is 0.855. The van der Waals surface area contributed by atoms with Crippen molar-refractivity contribution in [2.24, 2.45) is 0 Å². The molecule has 0 spiro atoms. The largest absolute Gasteiger partial charge is 0.495 e. The second-order valence-corrected chi connectivity index (χ2v) is 5.01. The molecule has 5 heteroatoms. The summed E-state index contributed by atoms with van der Waals surface area (Å²) >= 11 is 3.48. The minimum atomic E-state index is 0.346. The van der Waals surface area contributed by atoms with Gasteiger partial charge in [-0.3, -0.25) is 4.68 Å². The molecule has 1 aromatic heterocycles. The molecule has 0 amide bonds. The van der Waals surface area contributed by atoms with Crippen molar-refractivity contribution in [3.8, 4) is 5.75 Å². The topological polar surface area (TPSA) is 36.3 Å². The van der Waals surface area contributed by atoms with Crippen LogP contribution in [-0.2, 0) is 4.74 Å². The molecule has 0 saturated carbocycles. The molecule has 2 heterocycles. The van der Waals surface area contributed by atoms with Crippen LogP contribution in [0.15, 0.2) is 22.8 Å². The van der Waals surface area contributed by atoms with Crippen LogP contribution >= 0.6 is 15.9 Å². The predicted molar refractivity (Wildman–Crippen MR) is 68.5 cm³/mol. The van der Waals surface area contributed by atoms with Crippen LogP contribution in [0.3, 0.4) is 0 Å².